The van der Waals surface area contributed by atoms with Gasteiger partial charge in [0.2, 0.25) is 10.0 Å². The standard InChI is InChI=1S/C18H22FNO4S/c1-13-9-10-16(23-3)17(11-13)25(21,22)20-12-18(2,24-4)14-7-5-6-8-15(14)19/h5-11,20H,12H2,1-4H3/t18-/m0/s1. The number of methoxy groups -OCH3 is 2. The zero-order valence-electron chi connectivity index (χ0n) is 14.7. The summed E-state index contributed by atoms with van der Waals surface area (Å²) in [5.74, 6) is -0.220. The third-order valence-corrected chi connectivity index (χ3v) is 5.52. The molecule has 2 aromatic rings. The van der Waals surface area contributed by atoms with E-state index in [1.807, 2.05) is 0 Å². The monoisotopic (exact) mass is 367 g/mol. The van der Waals surface area contributed by atoms with E-state index in [9.17, 15) is 12.8 Å². The van der Waals surface area contributed by atoms with E-state index in [1.165, 1.54) is 26.4 Å². The summed E-state index contributed by atoms with van der Waals surface area (Å²) in [6, 6.07) is 11.0. The van der Waals surface area contributed by atoms with Gasteiger partial charge in [-0.25, -0.2) is 17.5 Å². The topological polar surface area (TPSA) is 64.6 Å². The lowest BCUT2D eigenvalue weighted by Gasteiger charge is -2.29. The van der Waals surface area contributed by atoms with E-state index in [1.54, 1.807) is 44.2 Å². The minimum atomic E-state index is -3.87. The van der Waals surface area contributed by atoms with Gasteiger partial charge < -0.3 is 9.47 Å². The first kappa shape index (κ1) is 19.4. The van der Waals surface area contributed by atoms with Gasteiger partial charge in [-0.05, 0) is 37.6 Å². The average Bonchev–Trinajstić information content (AvgIpc) is 2.60. The number of ether oxygens (including phenoxy) is 2. The smallest absolute Gasteiger partial charge is 0.244 e. The van der Waals surface area contributed by atoms with Gasteiger partial charge >= 0.3 is 0 Å². The van der Waals surface area contributed by atoms with E-state index in [0.29, 0.717) is 0 Å². The Kier molecular flexibility index (Phi) is 5.82. The molecule has 0 aliphatic heterocycles. The fourth-order valence-corrected chi connectivity index (χ4v) is 3.85. The van der Waals surface area contributed by atoms with Crippen LogP contribution in [0.5, 0.6) is 5.75 Å². The number of rotatable bonds is 7. The molecule has 2 aromatic carbocycles. The second kappa shape index (κ2) is 7.51. The molecular weight excluding hydrogens is 345 g/mol. The Labute approximate surface area is 147 Å². The minimum absolute atomic E-state index is 0.0296. The molecule has 5 nitrogen and oxygen atoms in total. The zero-order chi connectivity index (χ0) is 18.7. The maximum Gasteiger partial charge on any atom is 0.244 e. The Morgan fingerprint density at radius 2 is 1.84 bits per heavy atom. The number of sulfonamides is 1. The maximum absolute atomic E-state index is 14.1. The summed E-state index contributed by atoms with van der Waals surface area (Å²) in [4.78, 5) is 0.0296. The van der Waals surface area contributed by atoms with Crippen molar-refractivity contribution in [3.63, 3.8) is 0 Å². The van der Waals surface area contributed by atoms with Crippen molar-refractivity contribution in [2.45, 2.75) is 24.3 Å². The largest absolute Gasteiger partial charge is 0.495 e. The number of halogens is 1. The molecule has 1 N–H and O–H groups in total. The van der Waals surface area contributed by atoms with Crippen molar-refractivity contribution < 1.29 is 22.3 Å². The molecule has 1 atom stereocenters. The molecule has 0 bridgehead atoms. The van der Waals surface area contributed by atoms with Crippen molar-refractivity contribution in [3.8, 4) is 5.75 Å². The lowest BCUT2D eigenvalue weighted by molar-refractivity contribution is 0.00410. The molecule has 0 radical (unpaired) electrons. The molecule has 0 saturated heterocycles. The third kappa shape index (κ3) is 4.18. The van der Waals surface area contributed by atoms with Crippen molar-refractivity contribution in [2.75, 3.05) is 20.8 Å². The van der Waals surface area contributed by atoms with E-state index < -0.39 is 21.4 Å². The first-order valence-electron chi connectivity index (χ1n) is 7.68. The Balaban J connectivity index is 2.32. The highest BCUT2D eigenvalue weighted by molar-refractivity contribution is 7.89. The van der Waals surface area contributed by atoms with E-state index in [2.05, 4.69) is 4.72 Å². The molecule has 0 heterocycles. The number of benzene rings is 2. The van der Waals surface area contributed by atoms with Crippen LogP contribution in [0, 0.1) is 12.7 Å². The van der Waals surface area contributed by atoms with Crippen LogP contribution in [0.2, 0.25) is 0 Å². The van der Waals surface area contributed by atoms with Crippen molar-refractivity contribution in [2.24, 2.45) is 0 Å². The molecular formula is C18H22FNO4S. The summed E-state index contributed by atoms with van der Waals surface area (Å²) < 4.78 is 52.6. The highest BCUT2D eigenvalue weighted by atomic mass is 32.2. The van der Waals surface area contributed by atoms with Crippen molar-refractivity contribution >= 4 is 10.0 Å². The van der Waals surface area contributed by atoms with Gasteiger partial charge in [-0.1, -0.05) is 24.3 Å². The van der Waals surface area contributed by atoms with Crippen LogP contribution < -0.4 is 9.46 Å². The van der Waals surface area contributed by atoms with Gasteiger partial charge in [0.15, 0.2) is 0 Å². The second-order valence-corrected chi connectivity index (χ2v) is 7.63. The lowest BCUT2D eigenvalue weighted by atomic mass is 9.95. The van der Waals surface area contributed by atoms with Gasteiger partial charge in [0, 0.05) is 19.2 Å². The predicted octanol–water partition coefficient (Wildman–Crippen LogP) is 2.98. The van der Waals surface area contributed by atoms with Gasteiger partial charge in [0.25, 0.3) is 0 Å². The summed E-state index contributed by atoms with van der Waals surface area (Å²) in [6.07, 6.45) is 0. The van der Waals surface area contributed by atoms with Gasteiger partial charge in [-0.2, -0.15) is 0 Å². The van der Waals surface area contributed by atoms with Crippen LogP contribution in [-0.4, -0.2) is 29.2 Å². The van der Waals surface area contributed by atoms with Gasteiger partial charge in [-0.3, -0.25) is 0 Å². The predicted molar refractivity (Wildman–Crippen MR) is 93.7 cm³/mol. The van der Waals surface area contributed by atoms with Crippen molar-refractivity contribution in [3.05, 3.63) is 59.4 Å². The quantitative estimate of drug-likeness (QED) is 0.817. The van der Waals surface area contributed by atoms with Gasteiger partial charge in [0.05, 0.1) is 7.11 Å². The van der Waals surface area contributed by atoms with Crippen LogP contribution >= 0.6 is 0 Å². The van der Waals surface area contributed by atoms with Gasteiger partial charge in [0.1, 0.15) is 22.1 Å². The summed E-state index contributed by atoms with van der Waals surface area (Å²) in [7, 11) is -1.05. The van der Waals surface area contributed by atoms with Crippen LogP contribution in [0.15, 0.2) is 47.4 Å². The van der Waals surface area contributed by atoms with Crippen molar-refractivity contribution in [1.82, 2.24) is 4.72 Å². The fraction of sp³-hybridized carbons (Fsp3) is 0.333. The minimum Gasteiger partial charge on any atom is -0.495 e. The second-order valence-electron chi connectivity index (χ2n) is 5.89. The van der Waals surface area contributed by atoms with Crippen LogP contribution in [0.3, 0.4) is 0 Å². The first-order chi connectivity index (χ1) is 11.7. The Hall–Kier alpha value is -1.96. The Morgan fingerprint density at radius 1 is 1.16 bits per heavy atom. The average molecular weight is 367 g/mol. The molecule has 0 aliphatic carbocycles. The summed E-state index contributed by atoms with van der Waals surface area (Å²) in [5.41, 5.74) is -0.101. The molecule has 0 amide bonds. The lowest BCUT2D eigenvalue weighted by Crippen LogP contribution is -2.40. The highest BCUT2D eigenvalue weighted by Crippen LogP contribution is 2.28. The molecule has 2 rings (SSSR count). The maximum atomic E-state index is 14.1. The molecule has 0 aromatic heterocycles. The molecule has 7 heteroatoms. The molecule has 0 aliphatic rings. The number of nitrogens with one attached hydrogen (secondary N) is 1. The molecule has 136 valence electrons. The molecule has 0 unspecified atom stereocenters. The summed E-state index contributed by atoms with van der Waals surface area (Å²) in [5, 5.41) is 0. The SMILES string of the molecule is COc1ccc(C)cc1S(=O)(=O)NC[C@](C)(OC)c1ccccc1F. The van der Waals surface area contributed by atoms with E-state index >= 15 is 0 Å². The Morgan fingerprint density at radius 3 is 2.44 bits per heavy atom. The number of hydrogen-bond acceptors (Lipinski definition) is 4. The normalized spacial score (nSPS) is 14.1. The third-order valence-electron chi connectivity index (χ3n) is 4.10. The van der Waals surface area contributed by atoms with Crippen LogP contribution in [0.25, 0.3) is 0 Å². The number of hydrogen-bond donors (Lipinski definition) is 1. The Bertz CT molecular complexity index is 854. The van der Waals surface area contributed by atoms with Crippen LogP contribution in [-0.2, 0) is 20.4 Å². The first-order valence-corrected chi connectivity index (χ1v) is 9.16. The summed E-state index contributed by atoms with van der Waals surface area (Å²) in [6.45, 7) is 3.28. The molecule has 0 spiro atoms. The van der Waals surface area contributed by atoms with E-state index in [-0.39, 0.29) is 22.8 Å². The van der Waals surface area contributed by atoms with E-state index in [4.69, 9.17) is 9.47 Å². The number of aryl methyl sites for hydroxylation is 1. The van der Waals surface area contributed by atoms with E-state index in [0.717, 1.165) is 5.56 Å². The van der Waals surface area contributed by atoms with Crippen LogP contribution in [0.1, 0.15) is 18.1 Å². The van der Waals surface area contributed by atoms with Crippen LogP contribution in [0.4, 0.5) is 4.39 Å². The van der Waals surface area contributed by atoms with Crippen molar-refractivity contribution in [1.29, 1.82) is 0 Å². The summed E-state index contributed by atoms with van der Waals surface area (Å²) >= 11 is 0. The zero-order valence-corrected chi connectivity index (χ0v) is 15.5. The highest BCUT2D eigenvalue weighted by Gasteiger charge is 2.32. The fourth-order valence-electron chi connectivity index (χ4n) is 2.47. The van der Waals surface area contributed by atoms with Gasteiger partial charge in [-0.15, -0.1) is 0 Å². The molecule has 0 saturated carbocycles. The molecule has 25 heavy (non-hydrogen) atoms. The molecule has 0 fully saturated rings.